The standard InChI is InChI=1S/C25H23F3N6O2/c1-13-30-23-16(24(35)33(13)3)7-21(31-22(23)15-6-18(27)19(28)8-17(15)26)34-11-20(14-9-29-32(2)10-14)36-25(12-34)4-5-25/h6-10,20H,4-5,11-12H2,1-3H3/t20-/m1/s1. The maximum atomic E-state index is 14.9. The van der Waals surface area contributed by atoms with E-state index >= 15 is 0 Å². The largest absolute Gasteiger partial charge is 0.363 e. The molecule has 0 unspecified atom stereocenters. The Bertz CT molecular complexity index is 1590. The van der Waals surface area contributed by atoms with Crippen LogP contribution >= 0.6 is 0 Å². The molecule has 4 heterocycles. The molecule has 1 saturated carbocycles. The number of halogens is 3. The van der Waals surface area contributed by atoms with Crippen LogP contribution in [0.15, 0.2) is 35.4 Å². The highest BCUT2D eigenvalue weighted by Gasteiger charge is 2.51. The minimum absolute atomic E-state index is 0.0195. The quantitative estimate of drug-likeness (QED) is 0.404. The van der Waals surface area contributed by atoms with Crippen molar-refractivity contribution in [2.45, 2.75) is 31.5 Å². The number of aromatic nitrogens is 5. The zero-order valence-electron chi connectivity index (χ0n) is 19.9. The third-order valence-corrected chi connectivity index (χ3v) is 7.02. The lowest BCUT2D eigenvalue weighted by molar-refractivity contribution is -0.0455. The second-order valence-electron chi connectivity index (χ2n) is 9.61. The Morgan fingerprint density at radius 2 is 1.81 bits per heavy atom. The number of morpholine rings is 1. The average Bonchev–Trinajstić information content (AvgIpc) is 3.43. The van der Waals surface area contributed by atoms with Crippen molar-refractivity contribution in [2.24, 2.45) is 14.1 Å². The first kappa shape index (κ1) is 22.7. The fourth-order valence-corrected chi connectivity index (χ4v) is 4.78. The van der Waals surface area contributed by atoms with Crippen LogP contribution in [-0.2, 0) is 18.8 Å². The topological polar surface area (TPSA) is 78.1 Å². The summed E-state index contributed by atoms with van der Waals surface area (Å²) in [6.07, 6.45) is 5.11. The molecule has 1 saturated heterocycles. The first-order valence-corrected chi connectivity index (χ1v) is 11.6. The van der Waals surface area contributed by atoms with Crippen LogP contribution in [0.1, 0.15) is 30.3 Å². The Morgan fingerprint density at radius 1 is 1.06 bits per heavy atom. The molecule has 8 nitrogen and oxygen atoms in total. The van der Waals surface area contributed by atoms with Crippen LogP contribution in [0.4, 0.5) is 19.0 Å². The summed E-state index contributed by atoms with van der Waals surface area (Å²) < 4.78 is 52.3. The molecule has 1 aliphatic carbocycles. The molecule has 4 aromatic rings. The van der Waals surface area contributed by atoms with E-state index in [2.05, 4.69) is 15.1 Å². The summed E-state index contributed by atoms with van der Waals surface area (Å²) in [5, 5.41) is 4.46. The minimum atomic E-state index is -1.31. The molecule has 0 amide bonds. The number of benzene rings is 1. The Balaban J connectivity index is 1.55. The summed E-state index contributed by atoms with van der Waals surface area (Å²) in [5.41, 5.74) is 0.0627. The Morgan fingerprint density at radius 3 is 2.50 bits per heavy atom. The van der Waals surface area contributed by atoms with Crippen molar-refractivity contribution >= 4 is 16.7 Å². The molecule has 186 valence electrons. The number of hydrogen-bond donors (Lipinski definition) is 0. The van der Waals surface area contributed by atoms with E-state index in [4.69, 9.17) is 4.74 Å². The van der Waals surface area contributed by atoms with Crippen molar-refractivity contribution in [2.75, 3.05) is 18.0 Å². The van der Waals surface area contributed by atoms with Crippen LogP contribution in [0.2, 0.25) is 0 Å². The summed E-state index contributed by atoms with van der Waals surface area (Å²) in [5.74, 6) is -2.72. The summed E-state index contributed by atoms with van der Waals surface area (Å²) in [7, 11) is 3.42. The smallest absolute Gasteiger partial charge is 0.261 e. The van der Waals surface area contributed by atoms with E-state index < -0.39 is 17.5 Å². The number of pyridine rings is 1. The highest BCUT2D eigenvalue weighted by Crippen LogP contribution is 2.48. The Kier molecular flexibility index (Phi) is 4.98. The van der Waals surface area contributed by atoms with Crippen LogP contribution in [0.25, 0.3) is 22.2 Å². The highest BCUT2D eigenvalue weighted by molar-refractivity contribution is 5.93. The molecule has 1 aromatic carbocycles. The van der Waals surface area contributed by atoms with Crippen molar-refractivity contribution in [3.8, 4) is 11.3 Å². The van der Waals surface area contributed by atoms with E-state index in [1.54, 1.807) is 30.9 Å². The van der Waals surface area contributed by atoms with Crippen LogP contribution < -0.4 is 10.5 Å². The zero-order valence-corrected chi connectivity index (χ0v) is 19.9. The molecule has 6 rings (SSSR count). The molecule has 1 atom stereocenters. The van der Waals surface area contributed by atoms with Gasteiger partial charge in [-0.15, -0.1) is 0 Å². The predicted molar refractivity (Wildman–Crippen MR) is 126 cm³/mol. The molecular weight excluding hydrogens is 473 g/mol. The van der Waals surface area contributed by atoms with Crippen molar-refractivity contribution in [1.29, 1.82) is 0 Å². The number of anilines is 1. The van der Waals surface area contributed by atoms with Crippen LogP contribution in [-0.4, -0.2) is 43.0 Å². The second-order valence-corrected chi connectivity index (χ2v) is 9.61. The van der Waals surface area contributed by atoms with E-state index in [9.17, 15) is 18.0 Å². The van der Waals surface area contributed by atoms with Crippen molar-refractivity contribution < 1.29 is 17.9 Å². The van der Waals surface area contributed by atoms with Crippen molar-refractivity contribution in [1.82, 2.24) is 24.3 Å². The minimum Gasteiger partial charge on any atom is -0.363 e. The number of ether oxygens (including phenoxy) is 1. The first-order valence-electron chi connectivity index (χ1n) is 11.6. The maximum Gasteiger partial charge on any atom is 0.261 e. The maximum absolute atomic E-state index is 14.9. The van der Waals surface area contributed by atoms with Gasteiger partial charge in [0.15, 0.2) is 11.6 Å². The van der Waals surface area contributed by atoms with Gasteiger partial charge in [-0.25, -0.2) is 23.1 Å². The molecule has 2 aliphatic rings. The lowest BCUT2D eigenvalue weighted by Gasteiger charge is -2.39. The lowest BCUT2D eigenvalue weighted by Crippen LogP contribution is -2.46. The van der Waals surface area contributed by atoms with Crippen molar-refractivity contribution in [3.63, 3.8) is 0 Å². The normalized spacial score (nSPS) is 18.8. The number of nitrogens with zero attached hydrogens (tertiary/aromatic N) is 6. The van der Waals surface area contributed by atoms with Gasteiger partial charge in [0.2, 0.25) is 0 Å². The van der Waals surface area contributed by atoms with Gasteiger partial charge in [0.05, 0.1) is 23.7 Å². The highest BCUT2D eigenvalue weighted by atomic mass is 19.2. The van der Waals surface area contributed by atoms with E-state index in [1.807, 2.05) is 18.1 Å². The molecule has 3 aromatic heterocycles. The van der Waals surface area contributed by atoms with Crippen LogP contribution in [0.5, 0.6) is 0 Å². The van der Waals surface area contributed by atoms with Gasteiger partial charge in [-0.05, 0) is 31.9 Å². The van der Waals surface area contributed by atoms with E-state index in [1.165, 1.54) is 4.57 Å². The number of fused-ring (bicyclic) bond motifs is 1. The molecule has 1 spiro atoms. The number of aryl methyl sites for hydroxylation is 2. The van der Waals surface area contributed by atoms with Gasteiger partial charge in [-0.1, -0.05) is 0 Å². The van der Waals surface area contributed by atoms with Crippen LogP contribution in [0, 0.1) is 24.4 Å². The monoisotopic (exact) mass is 496 g/mol. The second kappa shape index (κ2) is 7.89. The van der Waals surface area contributed by atoms with Gasteiger partial charge in [0.25, 0.3) is 5.56 Å². The SMILES string of the molecule is Cc1nc2c(-c3cc(F)c(F)cc3F)nc(N3C[C@H](c4cnn(C)c4)OC4(CC4)C3)cc2c(=O)n1C. The lowest BCUT2D eigenvalue weighted by atomic mass is 10.1. The summed E-state index contributed by atoms with van der Waals surface area (Å²) in [6.45, 7) is 2.59. The van der Waals surface area contributed by atoms with Gasteiger partial charge in [0.1, 0.15) is 34.8 Å². The molecule has 1 aliphatic heterocycles. The van der Waals surface area contributed by atoms with Gasteiger partial charge in [0, 0.05) is 44.0 Å². The summed E-state index contributed by atoms with van der Waals surface area (Å²) >= 11 is 0. The van der Waals surface area contributed by atoms with Gasteiger partial charge in [-0.2, -0.15) is 5.10 Å². The van der Waals surface area contributed by atoms with Crippen LogP contribution in [0.3, 0.4) is 0 Å². The van der Waals surface area contributed by atoms with Crippen molar-refractivity contribution in [3.05, 3.63) is 69.8 Å². The molecule has 0 N–H and O–H groups in total. The summed E-state index contributed by atoms with van der Waals surface area (Å²) in [6, 6.07) is 2.86. The third kappa shape index (κ3) is 3.65. The van der Waals surface area contributed by atoms with Gasteiger partial charge < -0.3 is 9.64 Å². The third-order valence-electron chi connectivity index (χ3n) is 7.02. The predicted octanol–water partition coefficient (Wildman–Crippen LogP) is 3.57. The Labute approximate surface area is 204 Å². The summed E-state index contributed by atoms with van der Waals surface area (Å²) in [4.78, 5) is 24.3. The molecule has 0 bridgehead atoms. The fourth-order valence-electron chi connectivity index (χ4n) is 4.78. The molecular formula is C25H23F3N6O2. The molecule has 2 fully saturated rings. The number of hydrogen-bond acceptors (Lipinski definition) is 6. The molecule has 36 heavy (non-hydrogen) atoms. The van der Waals surface area contributed by atoms with Gasteiger partial charge >= 0.3 is 0 Å². The molecule has 11 heteroatoms. The van der Waals surface area contributed by atoms with Gasteiger partial charge in [-0.3, -0.25) is 14.0 Å². The number of rotatable bonds is 3. The fraction of sp³-hybridized carbons (Fsp3) is 0.360. The van der Waals surface area contributed by atoms with E-state index in [0.29, 0.717) is 30.8 Å². The average molecular weight is 496 g/mol. The molecule has 0 radical (unpaired) electrons. The van der Waals surface area contributed by atoms with E-state index in [0.717, 1.165) is 24.5 Å². The first-order chi connectivity index (χ1) is 17.1. The Hall–Kier alpha value is -3.73. The van der Waals surface area contributed by atoms with E-state index in [-0.39, 0.29) is 39.4 Å². The zero-order chi connectivity index (χ0) is 25.4.